The van der Waals surface area contributed by atoms with E-state index in [0.29, 0.717) is 13.0 Å². The molecule has 0 saturated carbocycles. The van der Waals surface area contributed by atoms with Gasteiger partial charge in [-0.25, -0.2) is 0 Å². The second-order valence-electron chi connectivity index (χ2n) is 4.58. The highest BCUT2D eigenvalue weighted by Crippen LogP contribution is 2.21. The Labute approximate surface area is 99.2 Å². The molecule has 0 aliphatic rings. The Balaban J connectivity index is 4.23. The van der Waals surface area contributed by atoms with E-state index in [1.807, 2.05) is 13.8 Å². The molecule has 16 heavy (non-hydrogen) atoms. The van der Waals surface area contributed by atoms with Gasteiger partial charge in [0, 0.05) is 0 Å². The zero-order chi connectivity index (χ0) is 12.6. The number of unbranched alkanes of at least 4 members (excludes halogenated alkanes) is 2. The molecule has 0 amide bonds. The smallest absolute Gasteiger partial charge is 0.311 e. The van der Waals surface area contributed by atoms with Gasteiger partial charge in [-0.2, -0.15) is 0 Å². The van der Waals surface area contributed by atoms with Crippen LogP contribution in [0.1, 0.15) is 53.4 Å². The molecule has 0 radical (unpaired) electrons. The normalized spacial score (nSPS) is 14.9. The molecule has 0 spiro atoms. The summed E-state index contributed by atoms with van der Waals surface area (Å²) in [4.78, 5) is 11.7. The third-order valence-corrected chi connectivity index (χ3v) is 2.79. The van der Waals surface area contributed by atoms with Crippen molar-refractivity contribution < 1.29 is 14.6 Å². The van der Waals surface area contributed by atoms with Crippen molar-refractivity contribution in [1.82, 2.24) is 0 Å². The zero-order valence-electron chi connectivity index (χ0n) is 11.0. The lowest BCUT2D eigenvalue weighted by Gasteiger charge is -2.24. The maximum absolute atomic E-state index is 11.7. The maximum atomic E-state index is 11.7. The molecule has 3 nitrogen and oxygen atoms in total. The van der Waals surface area contributed by atoms with Crippen LogP contribution in [0.3, 0.4) is 0 Å². The highest BCUT2D eigenvalue weighted by molar-refractivity contribution is 5.73. The molecule has 96 valence electrons. The number of rotatable bonds is 8. The van der Waals surface area contributed by atoms with Crippen molar-refractivity contribution in [3.05, 3.63) is 0 Å². The molecule has 0 fully saturated rings. The van der Waals surface area contributed by atoms with Crippen molar-refractivity contribution in [3.63, 3.8) is 0 Å². The Kier molecular flexibility index (Phi) is 8.26. The maximum Gasteiger partial charge on any atom is 0.311 e. The minimum Gasteiger partial charge on any atom is -0.466 e. The van der Waals surface area contributed by atoms with Crippen molar-refractivity contribution in [1.29, 1.82) is 0 Å². The first kappa shape index (κ1) is 15.4. The van der Waals surface area contributed by atoms with Gasteiger partial charge in [0.1, 0.15) is 0 Å². The zero-order valence-corrected chi connectivity index (χ0v) is 11.0. The van der Waals surface area contributed by atoms with Crippen molar-refractivity contribution in [2.24, 2.45) is 11.8 Å². The first-order chi connectivity index (χ1) is 7.54. The minimum atomic E-state index is -0.564. The van der Waals surface area contributed by atoms with Gasteiger partial charge in [-0.15, -0.1) is 0 Å². The van der Waals surface area contributed by atoms with E-state index in [-0.39, 0.29) is 17.8 Å². The van der Waals surface area contributed by atoms with Gasteiger partial charge < -0.3 is 9.84 Å². The highest BCUT2D eigenvalue weighted by Gasteiger charge is 2.30. The first-order valence-corrected chi connectivity index (χ1v) is 6.39. The van der Waals surface area contributed by atoms with E-state index in [1.54, 1.807) is 6.92 Å². The van der Waals surface area contributed by atoms with Crippen LogP contribution in [0.2, 0.25) is 0 Å². The van der Waals surface area contributed by atoms with E-state index in [9.17, 15) is 9.90 Å². The summed E-state index contributed by atoms with van der Waals surface area (Å²) in [5.74, 6) is -0.519. The number of carbonyl (C=O) groups excluding carboxylic acids is 1. The Morgan fingerprint density at radius 1 is 1.25 bits per heavy atom. The minimum absolute atomic E-state index is 0.121. The molecule has 1 N–H and O–H groups in total. The van der Waals surface area contributed by atoms with Gasteiger partial charge in [0.05, 0.1) is 18.6 Å². The molecular weight excluding hydrogens is 204 g/mol. The van der Waals surface area contributed by atoms with E-state index in [2.05, 4.69) is 6.92 Å². The molecule has 0 aromatic carbocycles. The van der Waals surface area contributed by atoms with Crippen LogP contribution < -0.4 is 0 Å². The van der Waals surface area contributed by atoms with Crippen LogP contribution in [-0.4, -0.2) is 23.8 Å². The fourth-order valence-corrected chi connectivity index (χ4v) is 1.90. The lowest BCUT2D eigenvalue weighted by Crippen LogP contribution is -2.34. The number of carbonyl (C=O) groups is 1. The van der Waals surface area contributed by atoms with Gasteiger partial charge in [-0.1, -0.05) is 40.0 Å². The molecule has 0 aromatic heterocycles. The summed E-state index contributed by atoms with van der Waals surface area (Å²) in [5.41, 5.74) is 0. The van der Waals surface area contributed by atoms with Crippen LogP contribution in [0.25, 0.3) is 0 Å². The standard InChI is InChI=1S/C13H26O3/c1-5-7-8-9-11(14)12(10(3)4)13(15)16-6-2/h10-12,14H,5-9H2,1-4H3. The fraction of sp³-hybridized carbons (Fsp3) is 0.923. The predicted molar refractivity (Wildman–Crippen MR) is 65.1 cm³/mol. The monoisotopic (exact) mass is 230 g/mol. The quantitative estimate of drug-likeness (QED) is 0.515. The molecule has 0 aliphatic heterocycles. The van der Waals surface area contributed by atoms with Crippen LogP contribution in [0.15, 0.2) is 0 Å². The van der Waals surface area contributed by atoms with Crippen LogP contribution in [0.4, 0.5) is 0 Å². The molecule has 0 heterocycles. The average molecular weight is 230 g/mol. The summed E-state index contributed by atoms with van der Waals surface area (Å²) in [6.45, 7) is 8.19. The van der Waals surface area contributed by atoms with Crippen molar-refractivity contribution >= 4 is 5.97 Å². The Bertz CT molecular complexity index is 190. The molecule has 2 unspecified atom stereocenters. The topological polar surface area (TPSA) is 46.5 Å². The van der Waals surface area contributed by atoms with Gasteiger partial charge in [-0.05, 0) is 19.3 Å². The van der Waals surface area contributed by atoms with E-state index in [4.69, 9.17) is 4.74 Å². The number of aliphatic hydroxyl groups excluding tert-OH is 1. The van der Waals surface area contributed by atoms with E-state index in [1.165, 1.54) is 0 Å². The largest absolute Gasteiger partial charge is 0.466 e. The van der Waals surface area contributed by atoms with Crippen molar-refractivity contribution in [2.45, 2.75) is 59.5 Å². The third kappa shape index (κ3) is 5.50. The molecule has 0 aliphatic carbocycles. The second kappa shape index (κ2) is 8.57. The van der Waals surface area contributed by atoms with E-state index >= 15 is 0 Å². The number of esters is 1. The molecule has 3 heteroatoms. The van der Waals surface area contributed by atoms with Crippen LogP contribution in [0.5, 0.6) is 0 Å². The number of hydrogen-bond donors (Lipinski definition) is 1. The Hall–Kier alpha value is -0.570. The lowest BCUT2D eigenvalue weighted by molar-refractivity contribution is -0.154. The Morgan fingerprint density at radius 3 is 2.31 bits per heavy atom. The van der Waals surface area contributed by atoms with Crippen LogP contribution >= 0.6 is 0 Å². The summed E-state index contributed by atoms with van der Waals surface area (Å²) in [7, 11) is 0. The highest BCUT2D eigenvalue weighted by atomic mass is 16.5. The third-order valence-electron chi connectivity index (χ3n) is 2.79. The first-order valence-electron chi connectivity index (χ1n) is 6.39. The summed E-state index contributed by atoms with van der Waals surface area (Å²) < 4.78 is 4.99. The van der Waals surface area contributed by atoms with Crippen molar-refractivity contribution in [3.8, 4) is 0 Å². The SMILES string of the molecule is CCCCCC(O)C(C(=O)OCC)C(C)C. The summed E-state index contributed by atoms with van der Waals surface area (Å²) in [6.07, 6.45) is 3.32. The molecule has 2 atom stereocenters. The summed E-state index contributed by atoms with van der Waals surface area (Å²) in [5, 5.41) is 10.0. The van der Waals surface area contributed by atoms with E-state index in [0.717, 1.165) is 19.3 Å². The van der Waals surface area contributed by atoms with Gasteiger partial charge in [0.25, 0.3) is 0 Å². The summed E-state index contributed by atoms with van der Waals surface area (Å²) in [6, 6.07) is 0. The van der Waals surface area contributed by atoms with E-state index < -0.39 is 6.10 Å². The summed E-state index contributed by atoms with van der Waals surface area (Å²) >= 11 is 0. The molecule has 0 aromatic rings. The van der Waals surface area contributed by atoms with Crippen LogP contribution in [0, 0.1) is 11.8 Å². The van der Waals surface area contributed by atoms with Gasteiger partial charge in [0.2, 0.25) is 0 Å². The average Bonchev–Trinajstić information content (AvgIpc) is 2.18. The van der Waals surface area contributed by atoms with Crippen LogP contribution in [-0.2, 0) is 9.53 Å². The molecule has 0 rings (SSSR count). The molecular formula is C13H26O3. The molecule has 0 bridgehead atoms. The van der Waals surface area contributed by atoms with Gasteiger partial charge >= 0.3 is 5.97 Å². The van der Waals surface area contributed by atoms with Crippen molar-refractivity contribution in [2.75, 3.05) is 6.61 Å². The van der Waals surface area contributed by atoms with Gasteiger partial charge in [0.15, 0.2) is 0 Å². The molecule has 0 saturated heterocycles. The fourth-order valence-electron chi connectivity index (χ4n) is 1.90. The lowest BCUT2D eigenvalue weighted by atomic mass is 9.87. The Morgan fingerprint density at radius 2 is 1.88 bits per heavy atom. The number of hydrogen-bond acceptors (Lipinski definition) is 3. The predicted octanol–water partition coefficient (Wildman–Crippen LogP) is 2.76. The number of ether oxygens (including phenoxy) is 1. The second-order valence-corrected chi connectivity index (χ2v) is 4.58. The number of aliphatic hydroxyl groups is 1. The van der Waals surface area contributed by atoms with Gasteiger partial charge in [-0.3, -0.25) is 4.79 Å².